The smallest absolute Gasteiger partial charge is 0.345 e. The Morgan fingerprint density at radius 2 is 1.56 bits per heavy atom. The predicted molar refractivity (Wildman–Crippen MR) is 123 cm³/mol. The number of aryl methyl sites for hydroxylation is 3. The number of carbonyl (C=O) groups excluding carboxylic acids is 2. The number of hydrogen-bond acceptors (Lipinski definition) is 5. The molecule has 0 aliphatic rings. The molecule has 0 bridgehead atoms. The van der Waals surface area contributed by atoms with Gasteiger partial charge in [-0.05, 0) is 55.7 Å². The van der Waals surface area contributed by atoms with E-state index in [-0.39, 0.29) is 6.61 Å². The summed E-state index contributed by atoms with van der Waals surface area (Å²) in [6.07, 6.45) is -1.14. The zero-order chi connectivity index (χ0) is 23.1. The van der Waals surface area contributed by atoms with Crippen molar-refractivity contribution in [2.24, 2.45) is 0 Å². The average Bonchev–Trinajstić information content (AvgIpc) is 2.78. The summed E-state index contributed by atoms with van der Waals surface area (Å²) in [5.74, 6) is -0.0150. The zero-order valence-corrected chi connectivity index (χ0v) is 18.7. The van der Waals surface area contributed by atoms with Gasteiger partial charge >= 0.3 is 5.97 Å². The number of esters is 1. The lowest BCUT2D eigenvalue weighted by Crippen LogP contribution is -2.28. The minimum Gasteiger partial charge on any atom is -0.495 e. The Morgan fingerprint density at radius 3 is 2.28 bits per heavy atom. The highest BCUT2D eigenvalue weighted by atomic mass is 16.6. The van der Waals surface area contributed by atoms with Gasteiger partial charge in [0.25, 0.3) is 5.91 Å². The maximum Gasteiger partial charge on any atom is 0.345 e. The molecule has 1 unspecified atom stereocenters. The third kappa shape index (κ3) is 5.88. The van der Waals surface area contributed by atoms with Gasteiger partial charge in [-0.2, -0.15) is 0 Å². The molecule has 166 valence electrons. The molecule has 0 saturated heterocycles. The second-order valence-corrected chi connectivity index (χ2v) is 7.53. The Balaban J connectivity index is 1.76. The fourth-order valence-corrected chi connectivity index (χ4v) is 3.18. The van der Waals surface area contributed by atoms with Crippen LogP contribution in [0.4, 0.5) is 5.69 Å². The maximum absolute atomic E-state index is 13.1. The summed E-state index contributed by atoms with van der Waals surface area (Å²) in [5, 5.41) is 2.81. The van der Waals surface area contributed by atoms with Crippen LogP contribution in [0, 0.1) is 20.8 Å². The van der Waals surface area contributed by atoms with E-state index >= 15 is 0 Å². The number of amides is 1. The lowest BCUT2D eigenvalue weighted by atomic mass is 10.1. The first-order valence-electron chi connectivity index (χ1n) is 10.3. The van der Waals surface area contributed by atoms with Gasteiger partial charge in [0, 0.05) is 5.56 Å². The van der Waals surface area contributed by atoms with Gasteiger partial charge in [0.05, 0.1) is 12.8 Å². The summed E-state index contributed by atoms with van der Waals surface area (Å²) in [4.78, 5) is 25.7. The highest BCUT2D eigenvalue weighted by Crippen LogP contribution is 2.28. The summed E-state index contributed by atoms with van der Waals surface area (Å²) >= 11 is 0. The summed E-state index contributed by atoms with van der Waals surface area (Å²) in [7, 11) is 1.53. The van der Waals surface area contributed by atoms with Crippen LogP contribution in [0.15, 0.2) is 66.7 Å². The van der Waals surface area contributed by atoms with Crippen molar-refractivity contribution in [1.82, 2.24) is 0 Å². The van der Waals surface area contributed by atoms with Crippen molar-refractivity contribution < 1.29 is 23.8 Å². The van der Waals surface area contributed by atoms with Gasteiger partial charge in [-0.3, -0.25) is 4.79 Å². The van der Waals surface area contributed by atoms with Crippen LogP contribution in [0.25, 0.3) is 0 Å². The monoisotopic (exact) mass is 433 g/mol. The van der Waals surface area contributed by atoms with Crippen molar-refractivity contribution in [1.29, 1.82) is 0 Å². The van der Waals surface area contributed by atoms with E-state index in [2.05, 4.69) is 5.32 Å². The number of benzene rings is 3. The molecule has 0 heterocycles. The zero-order valence-electron chi connectivity index (χ0n) is 18.7. The van der Waals surface area contributed by atoms with Gasteiger partial charge in [-0.1, -0.05) is 48.5 Å². The molecule has 32 heavy (non-hydrogen) atoms. The number of rotatable bonds is 8. The molecule has 3 aromatic carbocycles. The Labute approximate surface area is 188 Å². The van der Waals surface area contributed by atoms with Gasteiger partial charge in [0.1, 0.15) is 11.5 Å². The van der Waals surface area contributed by atoms with Crippen LogP contribution in [0.2, 0.25) is 0 Å². The quantitative estimate of drug-likeness (QED) is 0.510. The van der Waals surface area contributed by atoms with E-state index in [9.17, 15) is 9.59 Å². The van der Waals surface area contributed by atoms with E-state index in [0.29, 0.717) is 22.7 Å². The second kappa shape index (κ2) is 10.5. The molecule has 0 spiro atoms. The number of hydrogen-bond donors (Lipinski definition) is 1. The van der Waals surface area contributed by atoms with Crippen LogP contribution >= 0.6 is 0 Å². The minimum atomic E-state index is -1.14. The lowest BCUT2D eigenvalue weighted by Gasteiger charge is -2.19. The number of carbonyl (C=O) groups is 2. The first-order valence-corrected chi connectivity index (χ1v) is 10.3. The first kappa shape index (κ1) is 22.9. The molecular weight excluding hydrogens is 406 g/mol. The van der Waals surface area contributed by atoms with Crippen molar-refractivity contribution in [2.45, 2.75) is 26.9 Å². The molecule has 0 aliphatic heterocycles. The largest absolute Gasteiger partial charge is 0.495 e. The van der Waals surface area contributed by atoms with E-state index in [1.165, 1.54) is 7.11 Å². The van der Waals surface area contributed by atoms with Gasteiger partial charge in [-0.25, -0.2) is 4.79 Å². The Bertz CT molecular complexity index is 1090. The Morgan fingerprint density at radius 1 is 0.875 bits per heavy atom. The van der Waals surface area contributed by atoms with E-state index in [1.54, 1.807) is 36.4 Å². The molecule has 0 aliphatic carbocycles. The summed E-state index contributed by atoms with van der Waals surface area (Å²) in [6, 6.07) is 20.0. The van der Waals surface area contributed by atoms with Gasteiger partial charge in [0.2, 0.25) is 6.10 Å². The molecule has 0 radical (unpaired) electrons. The second-order valence-electron chi connectivity index (χ2n) is 7.53. The van der Waals surface area contributed by atoms with Crippen molar-refractivity contribution in [3.05, 3.63) is 89.0 Å². The number of nitrogens with one attached hydrogen (secondary N) is 1. The van der Waals surface area contributed by atoms with Crippen LogP contribution in [0.1, 0.15) is 28.4 Å². The van der Waals surface area contributed by atoms with Crippen molar-refractivity contribution in [2.75, 3.05) is 19.0 Å². The number of ether oxygens (including phenoxy) is 3. The third-order valence-electron chi connectivity index (χ3n) is 4.89. The van der Waals surface area contributed by atoms with Crippen molar-refractivity contribution in [3.8, 4) is 11.5 Å². The SMILES string of the molecule is COc1ccc(C)cc1NC(=O)C(OC(=O)COc1cc(C)ccc1C)c1ccccc1. The first-order chi connectivity index (χ1) is 15.4. The Hall–Kier alpha value is -3.80. The molecule has 3 rings (SSSR count). The molecule has 0 saturated carbocycles. The molecule has 1 N–H and O–H groups in total. The fourth-order valence-electron chi connectivity index (χ4n) is 3.18. The molecule has 3 aromatic rings. The number of anilines is 1. The van der Waals surface area contributed by atoms with Crippen LogP contribution in [-0.2, 0) is 14.3 Å². The fraction of sp³-hybridized carbons (Fsp3) is 0.231. The van der Waals surface area contributed by atoms with Gasteiger partial charge in [-0.15, -0.1) is 0 Å². The van der Waals surface area contributed by atoms with E-state index < -0.39 is 18.0 Å². The van der Waals surface area contributed by atoms with Crippen LogP contribution in [-0.4, -0.2) is 25.6 Å². The average molecular weight is 434 g/mol. The third-order valence-corrected chi connectivity index (χ3v) is 4.89. The highest BCUT2D eigenvalue weighted by Gasteiger charge is 2.26. The normalized spacial score (nSPS) is 11.4. The van der Waals surface area contributed by atoms with E-state index in [4.69, 9.17) is 14.2 Å². The van der Waals surface area contributed by atoms with Gasteiger partial charge < -0.3 is 19.5 Å². The standard InChI is InChI=1S/C26H27NO5/c1-17-11-13-22(30-4)21(14-17)27-26(29)25(20-8-6-5-7-9-20)32-24(28)16-31-23-15-18(2)10-12-19(23)3/h5-15,25H,16H2,1-4H3,(H,27,29). The van der Waals surface area contributed by atoms with Crippen LogP contribution in [0.5, 0.6) is 11.5 Å². The van der Waals surface area contributed by atoms with Crippen LogP contribution < -0.4 is 14.8 Å². The van der Waals surface area contributed by atoms with Crippen molar-refractivity contribution in [3.63, 3.8) is 0 Å². The summed E-state index contributed by atoms with van der Waals surface area (Å²) < 4.78 is 16.5. The molecule has 6 heteroatoms. The van der Waals surface area contributed by atoms with E-state index in [1.807, 2.05) is 51.1 Å². The molecular formula is C26H27NO5. The summed E-state index contributed by atoms with van der Waals surface area (Å²) in [6.45, 7) is 5.44. The molecule has 1 amide bonds. The van der Waals surface area contributed by atoms with Crippen molar-refractivity contribution >= 4 is 17.6 Å². The van der Waals surface area contributed by atoms with Gasteiger partial charge in [0.15, 0.2) is 6.61 Å². The minimum absolute atomic E-state index is 0.311. The lowest BCUT2D eigenvalue weighted by molar-refractivity contribution is -0.156. The molecule has 0 fully saturated rings. The molecule has 1 atom stereocenters. The number of methoxy groups -OCH3 is 1. The maximum atomic E-state index is 13.1. The molecule has 6 nitrogen and oxygen atoms in total. The topological polar surface area (TPSA) is 73.9 Å². The predicted octanol–water partition coefficient (Wildman–Crippen LogP) is 4.92. The summed E-state index contributed by atoms with van der Waals surface area (Å²) in [5.41, 5.74) is 3.94. The highest BCUT2D eigenvalue weighted by molar-refractivity contribution is 5.97. The molecule has 0 aromatic heterocycles. The van der Waals surface area contributed by atoms with Crippen LogP contribution in [0.3, 0.4) is 0 Å². The Kier molecular flexibility index (Phi) is 7.49. The van der Waals surface area contributed by atoms with E-state index in [0.717, 1.165) is 16.7 Å².